The van der Waals surface area contributed by atoms with Crippen molar-refractivity contribution < 1.29 is 14.3 Å². The van der Waals surface area contributed by atoms with Crippen molar-refractivity contribution in [1.82, 2.24) is 4.90 Å². The number of rotatable bonds is 1. The second kappa shape index (κ2) is 6.90. The Morgan fingerprint density at radius 2 is 2.00 bits per heavy atom. The van der Waals surface area contributed by atoms with Crippen LogP contribution in [0.2, 0.25) is 0 Å². The number of carbonyl (C=O) groups excluding carboxylic acids is 1. The van der Waals surface area contributed by atoms with Crippen LogP contribution < -0.4 is 4.74 Å². The minimum absolute atomic E-state index is 0.204. The smallest absolute Gasteiger partial charge is 0.332 e. The summed E-state index contributed by atoms with van der Waals surface area (Å²) in [5.41, 5.74) is 2.12. The van der Waals surface area contributed by atoms with Crippen molar-refractivity contribution >= 4 is 5.97 Å². The molecule has 0 radical (unpaired) electrons. The van der Waals surface area contributed by atoms with E-state index >= 15 is 0 Å². The molecule has 140 valence electrons. The molecule has 0 aliphatic carbocycles. The van der Waals surface area contributed by atoms with Gasteiger partial charge in [0.25, 0.3) is 0 Å². The molecule has 3 aliphatic rings. The Morgan fingerprint density at radius 3 is 2.74 bits per heavy atom. The quantitative estimate of drug-likeness (QED) is 0.566. The Labute approximate surface area is 160 Å². The van der Waals surface area contributed by atoms with Gasteiger partial charge in [0.2, 0.25) is 0 Å². The Bertz CT molecular complexity index is 871. The van der Waals surface area contributed by atoms with Crippen molar-refractivity contribution in [3.05, 3.63) is 53.1 Å². The minimum Gasteiger partial charge on any atom is -0.497 e. The first-order valence-electron chi connectivity index (χ1n) is 9.60. The first-order chi connectivity index (χ1) is 13.0. The van der Waals surface area contributed by atoms with Crippen LogP contribution in [0.15, 0.2) is 47.6 Å². The number of fused-ring (bicyclic) bond motifs is 3. The Balaban J connectivity index is 1.74. The molecule has 0 spiro atoms. The summed E-state index contributed by atoms with van der Waals surface area (Å²) in [4.78, 5) is 14.6. The van der Waals surface area contributed by atoms with Crippen molar-refractivity contribution in [2.75, 3.05) is 13.7 Å². The number of nitrogens with zero attached hydrogens (tertiary/aromatic N) is 1. The van der Waals surface area contributed by atoms with E-state index in [1.165, 1.54) is 12.8 Å². The summed E-state index contributed by atoms with van der Waals surface area (Å²) in [7, 11) is 1.65. The van der Waals surface area contributed by atoms with Crippen molar-refractivity contribution in [1.29, 1.82) is 0 Å². The lowest BCUT2D eigenvalue weighted by Crippen LogP contribution is -2.55. The van der Waals surface area contributed by atoms with Crippen LogP contribution in [0.4, 0.5) is 0 Å². The van der Waals surface area contributed by atoms with E-state index in [1.54, 1.807) is 13.2 Å². The van der Waals surface area contributed by atoms with Gasteiger partial charge in [-0.3, -0.25) is 4.90 Å². The van der Waals surface area contributed by atoms with E-state index in [2.05, 4.69) is 29.7 Å². The van der Waals surface area contributed by atoms with Crippen LogP contribution in [0.3, 0.4) is 0 Å². The zero-order valence-electron chi connectivity index (χ0n) is 16.1. The van der Waals surface area contributed by atoms with E-state index in [-0.39, 0.29) is 18.1 Å². The van der Waals surface area contributed by atoms with Crippen LogP contribution in [0, 0.1) is 11.8 Å². The van der Waals surface area contributed by atoms with Gasteiger partial charge in [0.15, 0.2) is 5.60 Å². The third kappa shape index (κ3) is 3.17. The molecule has 0 N–H and O–H groups in total. The van der Waals surface area contributed by atoms with Gasteiger partial charge in [-0.2, -0.15) is 0 Å². The van der Waals surface area contributed by atoms with Crippen molar-refractivity contribution in [3.8, 4) is 17.6 Å². The van der Waals surface area contributed by atoms with E-state index in [4.69, 9.17) is 9.47 Å². The summed E-state index contributed by atoms with van der Waals surface area (Å²) in [5.74, 6) is 7.11. The zero-order valence-corrected chi connectivity index (χ0v) is 16.1. The van der Waals surface area contributed by atoms with E-state index in [0.29, 0.717) is 0 Å². The first-order valence-corrected chi connectivity index (χ1v) is 9.60. The van der Waals surface area contributed by atoms with Crippen LogP contribution >= 0.6 is 0 Å². The predicted octanol–water partition coefficient (Wildman–Crippen LogP) is 3.47. The number of carbonyl (C=O) groups is 1. The van der Waals surface area contributed by atoms with Gasteiger partial charge in [-0.05, 0) is 57.5 Å². The fourth-order valence-corrected chi connectivity index (χ4v) is 4.53. The predicted molar refractivity (Wildman–Crippen MR) is 104 cm³/mol. The maximum Gasteiger partial charge on any atom is 0.332 e. The maximum atomic E-state index is 12.2. The average molecular weight is 363 g/mol. The number of methoxy groups -OCH3 is 1. The van der Waals surface area contributed by atoms with Gasteiger partial charge >= 0.3 is 5.97 Å². The van der Waals surface area contributed by atoms with Crippen LogP contribution in [-0.4, -0.2) is 42.2 Å². The largest absolute Gasteiger partial charge is 0.497 e. The van der Waals surface area contributed by atoms with Gasteiger partial charge in [-0.25, -0.2) is 4.79 Å². The average Bonchev–Trinajstić information content (AvgIpc) is 2.96. The van der Waals surface area contributed by atoms with Gasteiger partial charge < -0.3 is 9.47 Å². The van der Waals surface area contributed by atoms with Crippen molar-refractivity contribution in [2.45, 2.75) is 50.8 Å². The van der Waals surface area contributed by atoms with Crippen molar-refractivity contribution in [2.24, 2.45) is 0 Å². The molecular weight excluding hydrogens is 338 g/mol. The lowest BCUT2D eigenvalue weighted by molar-refractivity contribution is -0.151. The van der Waals surface area contributed by atoms with Gasteiger partial charge in [0.05, 0.1) is 13.2 Å². The number of benzene rings is 1. The SMILES string of the molecule is COc1ccc(C#CC2=C[C@H](C)N3CCCCC3[C@@]3(C)OC(=O)C=C23)cc1. The monoisotopic (exact) mass is 363 g/mol. The number of ether oxygens (including phenoxy) is 2. The number of hydrogen-bond donors (Lipinski definition) is 0. The van der Waals surface area contributed by atoms with Gasteiger partial charge in [0.1, 0.15) is 5.75 Å². The maximum absolute atomic E-state index is 12.2. The molecule has 4 rings (SSSR count). The zero-order chi connectivity index (χ0) is 19.0. The van der Waals surface area contributed by atoms with Crippen molar-refractivity contribution in [3.63, 3.8) is 0 Å². The van der Waals surface area contributed by atoms with E-state index < -0.39 is 5.60 Å². The minimum atomic E-state index is -0.622. The highest BCUT2D eigenvalue weighted by Crippen LogP contribution is 2.44. The molecular formula is C23H25NO3. The Morgan fingerprint density at radius 1 is 1.22 bits per heavy atom. The Hall–Kier alpha value is -2.51. The summed E-state index contributed by atoms with van der Waals surface area (Å²) < 4.78 is 11.1. The molecule has 0 amide bonds. The van der Waals surface area contributed by atoms with Gasteiger partial charge in [-0.1, -0.05) is 24.3 Å². The topological polar surface area (TPSA) is 38.8 Å². The molecule has 4 heteroatoms. The highest BCUT2D eigenvalue weighted by atomic mass is 16.6. The highest BCUT2D eigenvalue weighted by Gasteiger charge is 2.51. The molecule has 3 heterocycles. The fraction of sp³-hybridized carbons (Fsp3) is 0.435. The standard InChI is InChI=1S/C23H25NO3/c1-16-14-18(10-7-17-8-11-19(26-3)12-9-17)20-15-22(25)27-23(20,2)21-6-4-5-13-24(16)21/h8-9,11-12,14-16,21H,4-6,13H2,1-3H3/t16-,21?,23-/m0/s1. The second-order valence-corrected chi connectivity index (χ2v) is 7.64. The molecule has 3 atom stereocenters. The van der Waals surface area contributed by atoms with E-state index in [1.807, 2.05) is 31.2 Å². The molecule has 4 nitrogen and oxygen atoms in total. The molecule has 1 aromatic carbocycles. The molecule has 0 saturated carbocycles. The normalized spacial score (nSPS) is 30.0. The van der Waals surface area contributed by atoms with Crippen LogP contribution in [-0.2, 0) is 9.53 Å². The summed E-state index contributed by atoms with van der Waals surface area (Å²) >= 11 is 0. The lowest BCUT2D eigenvalue weighted by Gasteiger charge is -2.45. The molecule has 1 unspecified atom stereocenters. The molecule has 0 aromatic heterocycles. The fourth-order valence-electron chi connectivity index (χ4n) is 4.53. The summed E-state index contributed by atoms with van der Waals surface area (Å²) in [5, 5.41) is 0. The molecule has 3 aliphatic heterocycles. The van der Waals surface area contributed by atoms with E-state index in [0.717, 1.165) is 35.4 Å². The van der Waals surface area contributed by atoms with Crippen LogP contribution in [0.25, 0.3) is 0 Å². The molecule has 27 heavy (non-hydrogen) atoms. The lowest BCUT2D eigenvalue weighted by atomic mass is 9.81. The van der Waals surface area contributed by atoms with Crippen LogP contribution in [0.1, 0.15) is 38.7 Å². The molecule has 0 bridgehead atoms. The van der Waals surface area contributed by atoms with Crippen LogP contribution in [0.5, 0.6) is 5.75 Å². The Kier molecular flexibility index (Phi) is 4.57. The number of piperidine rings is 1. The van der Waals surface area contributed by atoms with Gasteiger partial charge in [0, 0.05) is 28.8 Å². The first kappa shape index (κ1) is 17.9. The van der Waals surface area contributed by atoms with Gasteiger partial charge in [-0.15, -0.1) is 0 Å². The highest BCUT2D eigenvalue weighted by molar-refractivity contribution is 5.89. The summed E-state index contributed by atoms with van der Waals surface area (Å²) in [6.07, 6.45) is 7.22. The third-order valence-electron chi connectivity index (χ3n) is 5.94. The molecule has 1 aromatic rings. The summed E-state index contributed by atoms with van der Waals surface area (Å²) in [6.45, 7) is 5.29. The second-order valence-electron chi connectivity index (χ2n) is 7.64. The third-order valence-corrected chi connectivity index (χ3v) is 5.94. The summed E-state index contributed by atoms with van der Waals surface area (Å²) in [6, 6.07) is 8.16. The molecule has 1 saturated heterocycles. The number of hydrogen-bond acceptors (Lipinski definition) is 4. The van der Waals surface area contributed by atoms with E-state index in [9.17, 15) is 4.79 Å². The number of esters is 1. The molecule has 1 fully saturated rings.